The van der Waals surface area contributed by atoms with Crippen LogP contribution < -0.4 is 15.0 Å². The molecule has 5 N–H and O–H groups in total. The van der Waals surface area contributed by atoms with E-state index in [1.54, 1.807) is 13.1 Å². The molecule has 0 aliphatic carbocycles. The minimum Gasteiger partial charge on any atom is -0.439 e. The molecule has 0 aliphatic rings. The summed E-state index contributed by atoms with van der Waals surface area (Å²) in [5.74, 6) is 0.914. The molecular formula is C13H21N4O8P2S+. The number of aryl methyl sites for hydroxylation is 1. The second-order valence-electron chi connectivity index (χ2n) is 5.62. The number of nitrogens with zero attached hydrogens (tertiary/aromatic N) is 3. The third kappa shape index (κ3) is 6.29. The molecule has 0 aromatic carbocycles. The maximum Gasteiger partial charge on any atom is 0.481 e. The predicted octanol–water partition coefficient (Wildman–Crippen LogP) is 0.850. The zero-order chi connectivity index (χ0) is 21.1. The van der Waals surface area contributed by atoms with Gasteiger partial charge in [0.25, 0.3) is 0 Å². The standard InChI is InChI=1S/C13H20N4O8P2S/c1-8-11(4-5-24-27(21,22)25-26(18,19)20)28-13(23-3)17(8)7-10-6-15-9(2)16-12(10)14/h6H,4-5,7H2,1-3H3,(H4-,14,15,16,18,19,20,21,22)/p+1. The van der Waals surface area contributed by atoms with Gasteiger partial charge in [0.1, 0.15) is 11.6 Å². The van der Waals surface area contributed by atoms with E-state index in [9.17, 15) is 14.0 Å². The highest BCUT2D eigenvalue weighted by atomic mass is 32.1. The second-order valence-corrected chi connectivity index (χ2v) is 9.49. The van der Waals surface area contributed by atoms with Crippen molar-refractivity contribution in [3.8, 4) is 5.19 Å². The van der Waals surface area contributed by atoms with Crippen molar-refractivity contribution in [2.24, 2.45) is 0 Å². The van der Waals surface area contributed by atoms with Crippen LogP contribution in [0.3, 0.4) is 0 Å². The Balaban J connectivity index is 2.13. The van der Waals surface area contributed by atoms with Gasteiger partial charge in [-0.05, 0) is 18.3 Å². The molecular weight excluding hydrogens is 434 g/mol. The second kappa shape index (κ2) is 8.93. The fraction of sp³-hybridized carbons (Fsp3) is 0.462. The highest BCUT2D eigenvalue weighted by Crippen LogP contribution is 2.57. The molecule has 0 fully saturated rings. The van der Waals surface area contributed by atoms with E-state index in [0.29, 0.717) is 28.9 Å². The first-order valence-electron chi connectivity index (χ1n) is 7.80. The molecule has 0 saturated heterocycles. The first-order valence-corrected chi connectivity index (χ1v) is 11.6. The van der Waals surface area contributed by atoms with Gasteiger partial charge in [-0.15, -0.1) is 4.57 Å². The van der Waals surface area contributed by atoms with Gasteiger partial charge in [-0.3, -0.25) is 4.52 Å². The lowest BCUT2D eigenvalue weighted by atomic mass is 10.2. The Bertz CT molecular complexity index is 947. The van der Waals surface area contributed by atoms with Crippen molar-refractivity contribution in [3.63, 3.8) is 0 Å². The zero-order valence-electron chi connectivity index (χ0n) is 15.3. The van der Waals surface area contributed by atoms with Crippen molar-refractivity contribution >= 4 is 32.8 Å². The molecule has 12 nitrogen and oxygen atoms in total. The Morgan fingerprint density at radius 3 is 2.54 bits per heavy atom. The Labute approximate surface area is 164 Å². The molecule has 0 aliphatic heterocycles. The lowest BCUT2D eigenvalue weighted by Gasteiger charge is -2.11. The third-order valence-electron chi connectivity index (χ3n) is 3.55. The number of hydrogen-bond donors (Lipinski definition) is 4. The summed E-state index contributed by atoms with van der Waals surface area (Å²) in [4.78, 5) is 35.6. The van der Waals surface area contributed by atoms with Crippen LogP contribution in [-0.4, -0.2) is 38.4 Å². The van der Waals surface area contributed by atoms with E-state index >= 15 is 0 Å². The summed E-state index contributed by atoms with van der Waals surface area (Å²) in [6.45, 7) is 3.62. The molecule has 2 rings (SSSR count). The summed E-state index contributed by atoms with van der Waals surface area (Å²) in [6.07, 6.45) is 1.82. The maximum atomic E-state index is 11.5. The van der Waals surface area contributed by atoms with Crippen LogP contribution in [-0.2, 0) is 30.9 Å². The Morgan fingerprint density at radius 2 is 1.96 bits per heavy atom. The average Bonchev–Trinajstić information content (AvgIpc) is 2.83. The van der Waals surface area contributed by atoms with E-state index in [1.165, 1.54) is 18.4 Å². The lowest BCUT2D eigenvalue weighted by molar-refractivity contribution is -0.694. The van der Waals surface area contributed by atoms with E-state index in [2.05, 4.69) is 18.8 Å². The first-order chi connectivity index (χ1) is 12.9. The predicted molar refractivity (Wildman–Crippen MR) is 98.7 cm³/mol. The average molecular weight is 455 g/mol. The topological polar surface area (TPSA) is 178 Å². The molecule has 15 heteroatoms. The number of thiazole rings is 1. The molecule has 2 heterocycles. The van der Waals surface area contributed by atoms with E-state index in [4.69, 9.17) is 20.3 Å². The van der Waals surface area contributed by atoms with E-state index < -0.39 is 15.6 Å². The smallest absolute Gasteiger partial charge is 0.439 e. The molecule has 2 aromatic rings. The minimum atomic E-state index is -5.15. The number of ether oxygens (including phenoxy) is 1. The van der Waals surface area contributed by atoms with E-state index in [0.717, 1.165) is 10.6 Å². The maximum absolute atomic E-state index is 11.5. The highest BCUT2D eigenvalue weighted by Gasteiger charge is 2.33. The Hall–Kier alpha value is -1.43. The number of methoxy groups -OCH3 is 1. The summed E-state index contributed by atoms with van der Waals surface area (Å²) < 4.78 is 37.8. The van der Waals surface area contributed by atoms with Gasteiger partial charge in [0.05, 0.1) is 24.2 Å². The molecule has 2 aromatic heterocycles. The van der Waals surface area contributed by atoms with E-state index in [-0.39, 0.29) is 13.0 Å². The van der Waals surface area contributed by atoms with Crippen molar-refractivity contribution in [1.82, 2.24) is 9.97 Å². The fourth-order valence-electron chi connectivity index (χ4n) is 2.31. The van der Waals surface area contributed by atoms with Gasteiger partial charge in [-0.1, -0.05) is 0 Å². The van der Waals surface area contributed by atoms with Gasteiger partial charge in [-0.2, -0.15) is 4.31 Å². The largest absolute Gasteiger partial charge is 0.481 e. The molecule has 0 amide bonds. The van der Waals surface area contributed by atoms with Gasteiger partial charge in [-0.25, -0.2) is 19.1 Å². The number of rotatable bonds is 9. The van der Waals surface area contributed by atoms with Crippen LogP contribution in [0.2, 0.25) is 0 Å². The van der Waals surface area contributed by atoms with Gasteiger partial charge in [0.2, 0.25) is 0 Å². The molecule has 1 unspecified atom stereocenters. The quantitative estimate of drug-likeness (QED) is 0.311. The summed E-state index contributed by atoms with van der Waals surface area (Å²) in [5, 5.41) is 0.561. The summed E-state index contributed by atoms with van der Waals surface area (Å²) >= 11 is 1.29. The monoisotopic (exact) mass is 455 g/mol. The van der Waals surface area contributed by atoms with Gasteiger partial charge in [0.15, 0.2) is 12.2 Å². The molecule has 0 bridgehead atoms. The van der Waals surface area contributed by atoms with Crippen LogP contribution in [0.25, 0.3) is 0 Å². The highest BCUT2D eigenvalue weighted by molar-refractivity contribution is 7.60. The number of hydrogen-bond acceptors (Lipinski definition) is 9. The number of nitrogen functional groups attached to an aromatic ring is 1. The SMILES string of the molecule is COc1sc(CCOP(=O)(O)OP(=O)(O)O)c(C)[n+]1Cc1cnc(C)nc1N. The van der Waals surface area contributed by atoms with Crippen LogP contribution in [0.4, 0.5) is 5.82 Å². The fourth-order valence-corrected chi connectivity index (χ4v) is 4.94. The van der Waals surface area contributed by atoms with E-state index in [1.807, 2.05) is 11.5 Å². The molecule has 0 radical (unpaired) electrons. The van der Waals surface area contributed by atoms with Crippen molar-refractivity contribution in [2.45, 2.75) is 26.8 Å². The Morgan fingerprint density at radius 1 is 1.29 bits per heavy atom. The van der Waals surface area contributed by atoms with Crippen molar-refractivity contribution in [2.75, 3.05) is 19.5 Å². The van der Waals surface area contributed by atoms with Crippen LogP contribution in [0.5, 0.6) is 5.19 Å². The number of phosphoric acid groups is 2. The first kappa shape index (κ1) is 22.9. The van der Waals surface area contributed by atoms with Gasteiger partial charge in [0, 0.05) is 19.5 Å². The Kier molecular flexibility index (Phi) is 7.29. The summed E-state index contributed by atoms with van der Waals surface area (Å²) in [6, 6.07) is 0. The van der Waals surface area contributed by atoms with Crippen LogP contribution >= 0.6 is 27.0 Å². The van der Waals surface area contributed by atoms with Crippen LogP contribution in [0, 0.1) is 13.8 Å². The number of aromatic nitrogens is 3. The van der Waals surface area contributed by atoms with Crippen molar-refractivity contribution in [3.05, 3.63) is 28.2 Å². The minimum absolute atomic E-state index is 0.189. The molecule has 0 spiro atoms. The van der Waals surface area contributed by atoms with Gasteiger partial charge >= 0.3 is 20.8 Å². The number of nitrogens with two attached hydrogens (primary N) is 1. The van der Waals surface area contributed by atoms with Crippen molar-refractivity contribution < 1.29 is 41.9 Å². The summed E-state index contributed by atoms with van der Waals surface area (Å²) in [7, 11) is -8.52. The molecule has 156 valence electrons. The third-order valence-corrected chi connectivity index (χ3v) is 7.05. The normalized spacial score (nSPS) is 14.1. The summed E-state index contributed by atoms with van der Waals surface area (Å²) in [5.41, 5.74) is 7.44. The molecule has 28 heavy (non-hydrogen) atoms. The number of phosphoric ester groups is 1. The van der Waals surface area contributed by atoms with Gasteiger partial charge < -0.3 is 25.2 Å². The van der Waals surface area contributed by atoms with Crippen LogP contribution in [0.1, 0.15) is 22.0 Å². The van der Waals surface area contributed by atoms with Crippen LogP contribution in [0.15, 0.2) is 6.20 Å². The molecule has 0 saturated carbocycles. The zero-order valence-corrected chi connectivity index (χ0v) is 17.9. The number of anilines is 1. The molecule has 1 atom stereocenters. The van der Waals surface area contributed by atoms with Crippen molar-refractivity contribution in [1.29, 1.82) is 0 Å². The lowest BCUT2D eigenvalue weighted by Crippen LogP contribution is -2.37.